The molecule has 2 atom stereocenters. The SMILES string of the molecule is CC(C)CN(CC(C)C)[C@H](C)[C@@H](O)c1ccccc1. The van der Waals surface area contributed by atoms with Crippen molar-refractivity contribution in [3.8, 4) is 0 Å². The molecular weight excluding hydrogens is 234 g/mol. The van der Waals surface area contributed by atoms with Gasteiger partial charge in [0, 0.05) is 19.1 Å². The van der Waals surface area contributed by atoms with Gasteiger partial charge in [0.1, 0.15) is 0 Å². The van der Waals surface area contributed by atoms with Crippen molar-refractivity contribution in [1.29, 1.82) is 0 Å². The Balaban J connectivity index is 2.77. The molecular formula is C17H29NO. The molecule has 1 aromatic carbocycles. The van der Waals surface area contributed by atoms with Crippen LogP contribution in [0.3, 0.4) is 0 Å². The second-order valence-electron chi connectivity index (χ2n) is 6.34. The van der Waals surface area contributed by atoms with Gasteiger partial charge in [-0.25, -0.2) is 0 Å². The molecule has 19 heavy (non-hydrogen) atoms. The van der Waals surface area contributed by atoms with E-state index >= 15 is 0 Å². The first kappa shape index (κ1) is 16.2. The van der Waals surface area contributed by atoms with Crippen molar-refractivity contribution in [3.05, 3.63) is 35.9 Å². The molecule has 0 aliphatic carbocycles. The zero-order valence-electron chi connectivity index (χ0n) is 13.0. The number of hydrogen-bond donors (Lipinski definition) is 1. The Morgan fingerprint density at radius 2 is 1.37 bits per heavy atom. The third kappa shape index (κ3) is 5.33. The Morgan fingerprint density at radius 1 is 0.895 bits per heavy atom. The highest BCUT2D eigenvalue weighted by Gasteiger charge is 2.24. The largest absolute Gasteiger partial charge is 0.387 e. The third-order valence-electron chi connectivity index (χ3n) is 3.37. The second kappa shape index (κ2) is 7.66. The van der Waals surface area contributed by atoms with Gasteiger partial charge in [0.05, 0.1) is 6.10 Å². The lowest BCUT2D eigenvalue weighted by molar-refractivity contribution is 0.0446. The highest BCUT2D eigenvalue weighted by Crippen LogP contribution is 2.22. The van der Waals surface area contributed by atoms with Gasteiger partial charge in [0.2, 0.25) is 0 Å². The first-order valence-electron chi connectivity index (χ1n) is 7.38. The van der Waals surface area contributed by atoms with Crippen molar-refractivity contribution in [2.24, 2.45) is 11.8 Å². The summed E-state index contributed by atoms with van der Waals surface area (Å²) in [7, 11) is 0. The Bertz CT molecular complexity index is 338. The lowest BCUT2D eigenvalue weighted by Crippen LogP contribution is -2.42. The van der Waals surface area contributed by atoms with Crippen LogP contribution in [0.4, 0.5) is 0 Å². The molecule has 0 amide bonds. The molecule has 0 spiro atoms. The number of nitrogens with zero attached hydrogens (tertiary/aromatic N) is 1. The van der Waals surface area contributed by atoms with Crippen molar-refractivity contribution in [3.63, 3.8) is 0 Å². The first-order chi connectivity index (χ1) is 8.91. The average molecular weight is 263 g/mol. The van der Waals surface area contributed by atoms with Crippen LogP contribution in [0.15, 0.2) is 30.3 Å². The summed E-state index contributed by atoms with van der Waals surface area (Å²) in [5.74, 6) is 1.23. The number of aliphatic hydroxyl groups is 1. The maximum Gasteiger partial charge on any atom is 0.0942 e. The van der Waals surface area contributed by atoms with E-state index in [-0.39, 0.29) is 6.04 Å². The standard InChI is InChI=1S/C17H29NO/c1-13(2)11-18(12-14(3)4)15(5)17(19)16-9-7-6-8-10-16/h6-10,13-15,17,19H,11-12H2,1-5H3/t15-,17-/m1/s1. The van der Waals surface area contributed by atoms with E-state index < -0.39 is 6.10 Å². The molecule has 1 N–H and O–H groups in total. The number of aliphatic hydroxyl groups excluding tert-OH is 1. The third-order valence-corrected chi connectivity index (χ3v) is 3.37. The molecule has 1 rings (SSSR count). The van der Waals surface area contributed by atoms with Crippen LogP contribution in [0.5, 0.6) is 0 Å². The zero-order chi connectivity index (χ0) is 14.4. The molecule has 1 aromatic rings. The van der Waals surface area contributed by atoms with Gasteiger partial charge in [0.25, 0.3) is 0 Å². The minimum atomic E-state index is -0.418. The molecule has 0 saturated carbocycles. The summed E-state index contributed by atoms with van der Waals surface area (Å²) < 4.78 is 0. The number of hydrogen-bond acceptors (Lipinski definition) is 2. The Kier molecular flexibility index (Phi) is 6.53. The molecule has 0 bridgehead atoms. The molecule has 2 heteroatoms. The fourth-order valence-electron chi connectivity index (χ4n) is 2.47. The first-order valence-corrected chi connectivity index (χ1v) is 7.38. The maximum absolute atomic E-state index is 10.5. The van der Waals surface area contributed by atoms with Gasteiger partial charge in [-0.15, -0.1) is 0 Å². The summed E-state index contributed by atoms with van der Waals surface area (Å²) in [6, 6.07) is 10.1. The van der Waals surface area contributed by atoms with Crippen molar-refractivity contribution < 1.29 is 5.11 Å². The van der Waals surface area contributed by atoms with Crippen molar-refractivity contribution in [1.82, 2.24) is 4.90 Å². The van der Waals surface area contributed by atoms with E-state index in [1.54, 1.807) is 0 Å². The van der Waals surface area contributed by atoms with Gasteiger partial charge < -0.3 is 5.11 Å². The summed E-state index contributed by atoms with van der Waals surface area (Å²) in [6.07, 6.45) is -0.418. The summed E-state index contributed by atoms with van der Waals surface area (Å²) in [6.45, 7) is 13.1. The molecule has 0 aromatic heterocycles. The van der Waals surface area contributed by atoms with Gasteiger partial charge >= 0.3 is 0 Å². The lowest BCUT2D eigenvalue weighted by Gasteiger charge is -2.35. The van der Waals surface area contributed by atoms with Crippen LogP contribution in [0.2, 0.25) is 0 Å². The fraction of sp³-hybridized carbons (Fsp3) is 0.647. The van der Waals surface area contributed by atoms with Crippen molar-refractivity contribution >= 4 is 0 Å². The van der Waals surface area contributed by atoms with Gasteiger partial charge in [-0.05, 0) is 24.3 Å². The summed E-state index contributed by atoms with van der Waals surface area (Å²) in [4.78, 5) is 2.41. The van der Waals surface area contributed by atoms with E-state index in [1.165, 1.54) is 0 Å². The van der Waals surface area contributed by atoms with E-state index in [9.17, 15) is 5.11 Å². The molecule has 0 aliphatic rings. The minimum Gasteiger partial charge on any atom is -0.387 e. The Labute approximate surface area is 118 Å². The molecule has 2 nitrogen and oxygen atoms in total. The Morgan fingerprint density at radius 3 is 1.79 bits per heavy atom. The molecule has 0 saturated heterocycles. The van der Waals surface area contributed by atoms with Crippen LogP contribution in [0, 0.1) is 11.8 Å². The van der Waals surface area contributed by atoms with E-state index in [0.29, 0.717) is 11.8 Å². The maximum atomic E-state index is 10.5. The normalized spacial score (nSPS) is 15.2. The number of rotatable bonds is 7. The lowest BCUT2D eigenvalue weighted by atomic mass is 10.00. The summed E-state index contributed by atoms with van der Waals surface area (Å²) in [5, 5.41) is 10.5. The predicted octanol–water partition coefficient (Wildman–Crippen LogP) is 3.72. The Hall–Kier alpha value is -0.860. The summed E-state index contributed by atoms with van der Waals surface area (Å²) in [5.41, 5.74) is 1.01. The molecule has 0 radical (unpaired) electrons. The van der Waals surface area contributed by atoms with E-state index in [1.807, 2.05) is 30.3 Å². The second-order valence-corrected chi connectivity index (χ2v) is 6.34. The molecule has 0 aliphatic heterocycles. The minimum absolute atomic E-state index is 0.146. The summed E-state index contributed by atoms with van der Waals surface area (Å²) >= 11 is 0. The van der Waals surface area contributed by atoms with Crippen molar-refractivity contribution in [2.45, 2.75) is 46.8 Å². The average Bonchev–Trinajstić information content (AvgIpc) is 2.36. The van der Waals surface area contributed by atoms with Crippen LogP contribution >= 0.6 is 0 Å². The molecule has 0 fully saturated rings. The van der Waals surface area contributed by atoms with Crippen LogP contribution < -0.4 is 0 Å². The van der Waals surface area contributed by atoms with E-state index in [2.05, 4.69) is 39.5 Å². The van der Waals surface area contributed by atoms with Crippen LogP contribution in [-0.2, 0) is 0 Å². The molecule has 108 valence electrons. The van der Waals surface area contributed by atoms with E-state index in [0.717, 1.165) is 18.7 Å². The highest BCUT2D eigenvalue weighted by atomic mass is 16.3. The molecule has 0 unspecified atom stereocenters. The van der Waals surface area contributed by atoms with E-state index in [4.69, 9.17) is 0 Å². The quantitative estimate of drug-likeness (QED) is 0.810. The predicted molar refractivity (Wildman–Crippen MR) is 82.1 cm³/mol. The topological polar surface area (TPSA) is 23.5 Å². The van der Waals surface area contributed by atoms with Crippen molar-refractivity contribution in [2.75, 3.05) is 13.1 Å². The zero-order valence-corrected chi connectivity index (χ0v) is 13.0. The van der Waals surface area contributed by atoms with Gasteiger partial charge in [-0.1, -0.05) is 58.0 Å². The number of benzene rings is 1. The van der Waals surface area contributed by atoms with Crippen LogP contribution in [-0.4, -0.2) is 29.1 Å². The van der Waals surface area contributed by atoms with Gasteiger partial charge in [-0.2, -0.15) is 0 Å². The van der Waals surface area contributed by atoms with Gasteiger partial charge in [0.15, 0.2) is 0 Å². The van der Waals surface area contributed by atoms with Gasteiger partial charge in [-0.3, -0.25) is 4.90 Å². The molecule has 0 heterocycles. The van der Waals surface area contributed by atoms with Crippen LogP contribution in [0.25, 0.3) is 0 Å². The van der Waals surface area contributed by atoms with Crippen LogP contribution in [0.1, 0.15) is 46.3 Å². The fourth-order valence-corrected chi connectivity index (χ4v) is 2.47. The smallest absolute Gasteiger partial charge is 0.0942 e. The highest BCUT2D eigenvalue weighted by molar-refractivity contribution is 5.18. The monoisotopic (exact) mass is 263 g/mol.